The van der Waals surface area contributed by atoms with Gasteiger partial charge in [-0.25, -0.2) is 9.13 Å². The molecule has 0 saturated heterocycles. The third kappa shape index (κ3) is 13.8. The minimum atomic E-state index is -4.35. The van der Waals surface area contributed by atoms with Gasteiger partial charge in [0.1, 0.15) is 23.0 Å². The van der Waals surface area contributed by atoms with Crippen LogP contribution in [0.2, 0.25) is 0 Å². The lowest BCUT2D eigenvalue weighted by Gasteiger charge is -2.25. The van der Waals surface area contributed by atoms with Crippen LogP contribution in [0.25, 0.3) is 0 Å². The molecule has 0 aliphatic heterocycles. The quantitative estimate of drug-likeness (QED) is 0.0450. The Morgan fingerprint density at radius 1 is 0.388 bits per heavy atom. The zero-order valence-corrected chi connectivity index (χ0v) is 31.4. The van der Waals surface area contributed by atoms with Gasteiger partial charge in [0.2, 0.25) is 0 Å². The molecule has 4 aromatic rings. The average Bonchev–Trinajstić information content (AvgIpc) is 3.10. The molecule has 49 heavy (non-hydrogen) atoms. The summed E-state index contributed by atoms with van der Waals surface area (Å²) in [4.78, 5) is 3.47. The first-order valence-corrected chi connectivity index (χ1v) is 22.5. The van der Waals surface area contributed by atoms with Crippen LogP contribution in [0.5, 0.6) is 23.0 Å². The van der Waals surface area contributed by atoms with Gasteiger partial charge in [0.25, 0.3) is 0 Å². The van der Waals surface area contributed by atoms with Crippen molar-refractivity contribution in [3.8, 4) is 23.0 Å². The van der Waals surface area contributed by atoms with Crippen molar-refractivity contribution in [2.75, 3.05) is 55.3 Å². The molecule has 16 heteroatoms. The zero-order valence-electron chi connectivity index (χ0n) is 26.4. The van der Waals surface area contributed by atoms with Gasteiger partial charge >= 0.3 is 15.2 Å². The van der Waals surface area contributed by atoms with Gasteiger partial charge in [-0.1, -0.05) is 0 Å². The van der Waals surface area contributed by atoms with Crippen LogP contribution in [0, 0.1) is 0 Å². The van der Waals surface area contributed by atoms with Gasteiger partial charge in [-0.15, -0.1) is 47.0 Å². The van der Waals surface area contributed by atoms with Gasteiger partial charge in [-0.05, 0) is 97.1 Å². The number of hydrogen-bond acceptors (Lipinski definition) is 14. The summed E-state index contributed by atoms with van der Waals surface area (Å²) in [6.07, 6.45) is 0. The van der Waals surface area contributed by atoms with Crippen LogP contribution in [0.4, 0.5) is 0 Å². The summed E-state index contributed by atoms with van der Waals surface area (Å²) in [5.74, 6) is 2.08. The van der Waals surface area contributed by atoms with Crippen molar-refractivity contribution in [3.63, 3.8) is 0 Å². The fourth-order valence-corrected chi connectivity index (χ4v) is 11.1. The lowest BCUT2D eigenvalue weighted by molar-refractivity contribution is 0.322. The van der Waals surface area contributed by atoms with Crippen LogP contribution < -0.4 is 18.1 Å². The van der Waals surface area contributed by atoms with Crippen LogP contribution in [0.3, 0.4) is 0 Å². The van der Waals surface area contributed by atoms with E-state index >= 15 is 0 Å². The molecule has 0 aliphatic rings. The number of rotatable bonds is 22. The molecule has 0 unspecified atom stereocenters. The highest BCUT2D eigenvalue weighted by Gasteiger charge is 2.44. The first-order chi connectivity index (χ1) is 23.7. The van der Waals surface area contributed by atoms with Crippen molar-refractivity contribution in [2.24, 2.45) is 0 Å². The van der Waals surface area contributed by atoms with E-state index in [0.717, 1.165) is 19.6 Å². The van der Waals surface area contributed by atoms with E-state index in [2.05, 4.69) is 0 Å². The zero-order chi connectivity index (χ0) is 35.0. The van der Waals surface area contributed by atoms with Gasteiger partial charge in [0, 0.05) is 42.6 Å². The summed E-state index contributed by atoms with van der Waals surface area (Å²) < 4.78 is 53.4. The third-order valence-electron chi connectivity index (χ3n) is 6.06. The molecule has 0 aliphatic carbocycles. The van der Waals surface area contributed by atoms with Crippen molar-refractivity contribution in [1.82, 2.24) is 0 Å². The van der Waals surface area contributed by atoms with Gasteiger partial charge in [0.05, 0.1) is 26.4 Å². The lowest BCUT2D eigenvalue weighted by atomic mass is 10.3. The highest BCUT2D eigenvalue weighted by atomic mass is 32.2. The molecule has 0 bridgehead atoms. The fraction of sp³-hybridized carbons (Fsp3) is 0.273. The molecule has 0 aromatic heterocycles. The molecule has 0 atom stereocenters. The minimum Gasteiger partial charge on any atom is -0.416 e. The largest absolute Gasteiger partial charge is 0.445 e. The molecular weight excluding hydrogens is 747 g/mol. The third-order valence-corrected chi connectivity index (χ3v) is 14.8. The molecule has 4 rings (SSSR count). The molecule has 0 radical (unpaired) electrons. The van der Waals surface area contributed by atoms with Crippen molar-refractivity contribution in [1.29, 1.82) is 0 Å². The number of hydrogen-bond donors (Lipinski definition) is 4. The second-order valence-electron chi connectivity index (χ2n) is 9.90. The van der Waals surface area contributed by atoms with Gasteiger partial charge < -0.3 is 38.5 Å². The highest BCUT2D eigenvalue weighted by molar-refractivity contribution is 8.00. The van der Waals surface area contributed by atoms with Crippen LogP contribution in [-0.2, 0) is 9.13 Å². The number of thioether (sulfide) groups is 4. The summed E-state index contributed by atoms with van der Waals surface area (Å²) in [6, 6.07) is 27.0. The minimum absolute atomic E-state index is 0.0208. The second kappa shape index (κ2) is 20.6. The Labute approximate surface area is 303 Å². The maximum absolute atomic E-state index is 14.7. The topological polar surface area (TPSA) is 152 Å². The van der Waals surface area contributed by atoms with E-state index in [1.807, 2.05) is 0 Å². The van der Waals surface area contributed by atoms with Crippen molar-refractivity contribution < 1.29 is 47.7 Å². The highest BCUT2D eigenvalue weighted by Crippen LogP contribution is 2.63. The molecular formula is C33H38O10P2S4. The summed E-state index contributed by atoms with van der Waals surface area (Å²) >= 11 is 5.77. The first-order valence-electron chi connectivity index (χ1n) is 15.1. The standard InChI is InChI=1S/C33H38O10P2S4/c34-17-21-46-30-9-1-26(2-10-30)40-44(38,41-27-3-11-31(12-4-27)47-22-18-35)25-45(39,42-28-5-13-32(14-6-28)48-23-19-36)43-29-7-15-33(16-8-29)49-24-20-37/h1-16,34-37H,17-25H2. The maximum atomic E-state index is 14.7. The van der Waals surface area contributed by atoms with E-state index in [4.69, 9.17) is 38.5 Å². The predicted molar refractivity (Wildman–Crippen MR) is 200 cm³/mol. The second-order valence-corrected chi connectivity index (χ2v) is 18.9. The summed E-state index contributed by atoms with van der Waals surface area (Å²) in [7, 11) is -8.70. The normalized spacial score (nSPS) is 11.7. The molecule has 0 fully saturated rings. The number of benzene rings is 4. The van der Waals surface area contributed by atoms with E-state index in [-0.39, 0.29) is 49.4 Å². The van der Waals surface area contributed by atoms with E-state index < -0.39 is 21.1 Å². The van der Waals surface area contributed by atoms with E-state index in [1.54, 1.807) is 97.1 Å². The molecule has 0 saturated carbocycles. The van der Waals surface area contributed by atoms with Crippen molar-refractivity contribution >= 4 is 62.2 Å². The SMILES string of the molecule is O=P(CP(=O)(Oc1ccc(SCCO)cc1)Oc1ccc(SCCO)cc1)(Oc1ccc(SCCO)cc1)Oc1ccc(SCCO)cc1. The summed E-state index contributed by atoms with van der Waals surface area (Å²) in [6.45, 7) is 0.0833. The molecule has 10 nitrogen and oxygen atoms in total. The van der Waals surface area contributed by atoms with E-state index in [0.29, 0.717) is 23.0 Å². The Morgan fingerprint density at radius 2 is 0.592 bits per heavy atom. The Kier molecular flexibility index (Phi) is 16.6. The summed E-state index contributed by atoms with van der Waals surface area (Å²) in [5, 5.41) is 36.7. The lowest BCUT2D eigenvalue weighted by Crippen LogP contribution is -2.12. The number of aliphatic hydroxyl groups excluding tert-OH is 4. The van der Waals surface area contributed by atoms with Crippen LogP contribution in [0.1, 0.15) is 0 Å². The summed E-state index contributed by atoms with van der Waals surface area (Å²) in [5.41, 5.74) is 0. The maximum Gasteiger partial charge on any atom is 0.445 e. The monoisotopic (exact) mass is 784 g/mol. The molecule has 0 heterocycles. The van der Waals surface area contributed by atoms with Crippen LogP contribution >= 0.6 is 62.2 Å². The van der Waals surface area contributed by atoms with Crippen LogP contribution in [0.15, 0.2) is 117 Å². The first kappa shape index (κ1) is 39.6. The van der Waals surface area contributed by atoms with Gasteiger partial charge in [-0.2, -0.15) is 0 Å². The van der Waals surface area contributed by atoms with Crippen molar-refractivity contribution in [3.05, 3.63) is 97.1 Å². The molecule has 4 N–H and O–H groups in total. The Bertz CT molecular complexity index is 1410. The fourth-order valence-electron chi connectivity index (χ4n) is 4.05. The molecule has 4 aromatic carbocycles. The van der Waals surface area contributed by atoms with Crippen molar-refractivity contribution in [2.45, 2.75) is 19.6 Å². The van der Waals surface area contributed by atoms with E-state index in [1.165, 1.54) is 47.0 Å². The van der Waals surface area contributed by atoms with Crippen LogP contribution in [-0.4, -0.2) is 75.8 Å². The van der Waals surface area contributed by atoms with Gasteiger partial charge in [-0.3, -0.25) is 0 Å². The molecule has 0 amide bonds. The van der Waals surface area contributed by atoms with Gasteiger partial charge in [0.15, 0.2) is 5.90 Å². The molecule has 0 spiro atoms. The van der Waals surface area contributed by atoms with E-state index in [9.17, 15) is 9.13 Å². The Balaban J connectivity index is 1.66. The predicted octanol–water partition coefficient (Wildman–Crippen LogP) is 7.98. The Hall–Kier alpha value is -2.22. The number of aliphatic hydroxyl groups is 4. The Morgan fingerprint density at radius 3 is 0.776 bits per heavy atom. The molecule has 264 valence electrons. The smallest absolute Gasteiger partial charge is 0.416 e. The average molecular weight is 785 g/mol.